The molecule has 1 atom stereocenters. The third kappa shape index (κ3) is 4.97. The van der Waals surface area contributed by atoms with E-state index in [1.165, 1.54) is 25.7 Å². The maximum Gasteiger partial charge on any atom is 0.236 e. The topological polar surface area (TPSA) is 32.3 Å². The van der Waals surface area contributed by atoms with E-state index in [9.17, 15) is 4.79 Å². The minimum atomic E-state index is 0.282. The van der Waals surface area contributed by atoms with Crippen molar-refractivity contribution < 1.29 is 4.79 Å². The van der Waals surface area contributed by atoms with Crippen LogP contribution in [0.3, 0.4) is 0 Å². The number of amides is 1. The van der Waals surface area contributed by atoms with Crippen molar-refractivity contribution in [2.75, 3.05) is 13.1 Å². The number of nitrogens with zero attached hydrogens (tertiary/aromatic N) is 1. The molecule has 1 unspecified atom stereocenters. The normalized spacial score (nSPS) is 17.9. The lowest BCUT2D eigenvalue weighted by Crippen LogP contribution is -2.45. The fourth-order valence-electron chi connectivity index (χ4n) is 2.60. The summed E-state index contributed by atoms with van der Waals surface area (Å²) in [6.45, 7) is 7.93. The van der Waals surface area contributed by atoms with Crippen molar-refractivity contribution in [3.8, 4) is 0 Å². The average molecular weight is 254 g/mol. The Hall–Kier alpha value is -0.570. The molecule has 106 valence electrons. The average Bonchev–Trinajstić information content (AvgIpc) is 2.89. The molecule has 1 saturated carbocycles. The van der Waals surface area contributed by atoms with Crippen molar-refractivity contribution in [1.29, 1.82) is 0 Å². The highest BCUT2D eigenvalue weighted by Crippen LogP contribution is 2.17. The fourth-order valence-corrected chi connectivity index (χ4v) is 2.60. The van der Waals surface area contributed by atoms with Gasteiger partial charge in [-0.3, -0.25) is 4.79 Å². The zero-order valence-corrected chi connectivity index (χ0v) is 12.4. The third-order valence-electron chi connectivity index (χ3n) is 4.09. The van der Waals surface area contributed by atoms with Gasteiger partial charge in [-0.2, -0.15) is 0 Å². The van der Waals surface area contributed by atoms with Gasteiger partial charge in [0.05, 0.1) is 6.54 Å². The molecule has 0 spiro atoms. The first-order valence-electron chi connectivity index (χ1n) is 7.71. The second kappa shape index (κ2) is 8.52. The molecular formula is C15H30N2O. The largest absolute Gasteiger partial charge is 0.339 e. The number of hydrogen-bond acceptors (Lipinski definition) is 2. The van der Waals surface area contributed by atoms with Crippen LogP contribution >= 0.6 is 0 Å². The fraction of sp³-hybridized carbons (Fsp3) is 0.933. The van der Waals surface area contributed by atoms with Crippen molar-refractivity contribution in [2.24, 2.45) is 0 Å². The van der Waals surface area contributed by atoms with E-state index in [2.05, 4.69) is 31.0 Å². The standard InChI is InChI=1S/C15H30N2O/c1-4-6-11-17(13(3)5-2)15(18)12-16-14-9-7-8-10-14/h13-14,16H,4-12H2,1-3H3. The Morgan fingerprint density at radius 1 is 1.33 bits per heavy atom. The van der Waals surface area contributed by atoms with Gasteiger partial charge in [-0.1, -0.05) is 33.1 Å². The third-order valence-corrected chi connectivity index (χ3v) is 4.09. The Labute approximate surface area is 112 Å². The molecule has 1 amide bonds. The molecule has 1 aliphatic rings. The van der Waals surface area contributed by atoms with E-state index in [0.29, 0.717) is 18.6 Å². The number of carbonyl (C=O) groups is 1. The van der Waals surface area contributed by atoms with Crippen LogP contribution in [0.2, 0.25) is 0 Å². The number of rotatable bonds is 8. The van der Waals surface area contributed by atoms with Crippen molar-refractivity contribution in [1.82, 2.24) is 10.2 Å². The molecule has 0 bridgehead atoms. The minimum Gasteiger partial charge on any atom is -0.339 e. The van der Waals surface area contributed by atoms with E-state index in [4.69, 9.17) is 0 Å². The highest BCUT2D eigenvalue weighted by atomic mass is 16.2. The summed E-state index contributed by atoms with van der Waals surface area (Å²) in [5.41, 5.74) is 0. The molecule has 18 heavy (non-hydrogen) atoms. The molecule has 1 fully saturated rings. The van der Waals surface area contributed by atoms with E-state index in [-0.39, 0.29) is 5.91 Å². The van der Waals surface area contributed by atoms with Gasteiger partial charge in [-0.15, -0.1) is 0 Å². The van der Waals surface area contributed by atoms with Gasteiger partial charge in [0.2, 0.25) is 5.91 Å². The van der Waals surface area contributed by atoms with Gasteiger partial charge in [-0.05, 0) is 32.6 Å². The van der Waals surface area contributed by atoms with Crippen molar-refractivity contribution >= 4 is 5.91 Å². The summed E-state index contributed by atoms with van der Waals surface area (Å²) in [5.74, 6) is 0.282. The molecule has 0 aromatic carbocycles. The summed E-state index contributed by atoms with van der Waals surface area (Å²) in [6.07, 6.45) is 8.42. The lowest BCUT2D eigenvalue weighted by molar-refractivity contribution is -0.132. The van der Waals surface area contributed by atoms with Crippen LogP contribution in [0.5, 0.6) is 0 Å². The highest BCUT2D eigenvalue weighted by Gasteiger charge is 2.20. The van der Waals surface area contributed by atoms with Crippen LogP contribution in [-0.4, -0.2) is 36.0 Å². The van der Waals surface area contributed by atoms with Crippen molar-refractivity contribution in [3.05, 3.63) is 0 Å². The first-order chi connectivity index (χ1) is 8.69. The minimum absolute atomic E-state index is 0.282. The van der Waals surface area contributed by atoms with Crippen LogP contribution in [-0.2, 0) is 4.79 Å². The molecule has 1 rings (SSSR count). The van der Waals surface area contributed by atoms with Crippen LogP contribution < -0.4 is 5.32 Å². The summed E-state index contributed by atoms with van der Waals surface area (Å²) in [6, 6.07) is 0.952. The molecule has 1 aliphatic carbocycles. The van der Waals surface area contributed by atoms with E-state index in [1.807, 2.05) is 0 Å². The second-order valence-corrected chi connectivity index (χ2v) is 5.56. The number of carbonyl (C=O) groups excluding carboxylic acids is 1. The van der Waals surface area contributed by atoms with Crippen molar-refractivity contribution in [2.45, 2.75) is 77.8 Å². The van der Waals surface area contributed by atoms with Crippen LogP contribution in [0.4, 0.5) is 0 Å². The quantitative estimate of drug-likeness (QED) is 0.722. The van der Waals surface area contributed by atoms with Gasteiger partial charge in [0, 0.05) is 18.6 Å². The molecule has 0 heterocycles. The monoisotopic (exact) mass is 254 g/mol. The maximum atomic E-state index is 12.3. The molecule has 3 nitrogen and oxygen atoms in total. The Kier molecular flexibility index (Phi) is 7.33. The Balaban J connectivity index is 2.36. The molecule has 0 aromatic rings. The van der Waals surface area contributed by atoms with Gasteiger partial charge in [0.25, 0.3) is 0 Å². The van der Waals surface area contributed by atoms with Crippen LogP contribution in [0.15, 0.2) is 0 Å². The molecule has 1 N–H and O–H groups in total. The molecule has 3 heteroatoms. The smallest absolute Gasteiger partial charge is 0.236 e. The van der Waals surface area contributed by atoms with Crippen LogP contribution in [0.1, 0.15) is 65.7 Å². The van der Waals surface area contributed by atoms with E-state index in [1.54, 1.807) is 0 Å². The SMILES string of the molecule is CCCCN(C(=O)CNC1CCCC1)C(C)CC. The summed E-state index contributed by atoms with van der Waals surface area (Å²) in [7, 11) is 0. The summed E-state index contributed by atoms with van der Waals surface area (Å²) < 4.78 is 0. The Morgan fingerprint density at radius 2 is 2.00 bits per heavy atom. The predicted molar refractivity (Wildman–Crippen MR) is 76.6 cm³/mol. The molecular weight excluding hydrogens is 224 g/mol. The summed E-state index contributed by atoms with van der Waals surface area (Å²) in [4.78, 5) is 14.3. The molecule has 0 saturated heterocycles. The predicted octanol–water partition coefficient (Wildman–Crippen LogP) is 2.95. The highest BCUT2D eigenvalue weighted by molar-refractivity contribution is 5.78. The van der Waals surface area contributed by atoms with Crippen LogP contribution in [0, 0.1) is 0 Å². The zero-order chi connectivity index (χ0) is 13.4. The van der Waals surface area contributed by atoms with Gasteiger partial charge in [0.1, 0.15) is 0 Å². The van der Waals surface area contributed by atoms with Gasteiger partial charge in [-0.25, -0.2) is 0 Å². The second-order valence-electron chi connectivity index (χ2n) is 5.56. The Bertz CT molecular complexity index is 237. The zero-order valence-electron chi connectivity index (χ0n) is 12.4. The van der Waals surface area contributed by atoms with Crippen molar-refractivity contribution in [3.63, 3.8) is 0 Å². The van der Waals surface area contributed by atoms with Gasteiger partial charge in [0.15, 0.2) is 0 Å². The first-order valence-corrected chi connectivity index (χ1v) is 7.71. The van der Waals surface area contributed by atoms with E-state index < -0.39 is 0 Å². The van der Waals surface area contributed by atoms with E-state index in [0.717, 1.165) is 25.8 Å². The summed E-state index contributed by atoms with van der Waals surface area (Å²) in [5, 5.41) is 3.43. The first kappa shape index (κ1) is 15.5. The summed E-state index contributed by atoms with van der Waals surface area (Å²) >= 11 is 0. The lowest BCUT2D eigenvalue weighted by atomic mass is 10.2. The number of hydrogen-bond donors (Lipinski definition) is 1. The Morgan fingerprint density at radius 3 is 2.56 bits per heavy atom. The van der Waals surface area contributed by atoms with Gasteiger partial charge < -0.3 is 10.2 Å². The molecule has 0 aromatic heterocycles. The maximum absolute atomic E-state index is 12.3. The van der Waals surface area contributed by atoms with E-state index >= 15 is 0 Å². The molecule has 0 aliphatic heterocycles. The molecule has 0 radical (unpaired) electrons. The lowest BCUT2D eigenvalue weighted by Gasteiger charge is -2.29. The number of unbranched alkanes of at least 4 members (excludes halogenated alkanes) is 1. The van der Waals surface area contributed by atoms with Gasteiger partial charge >= 0.3 is 0 Å². The number of nitrogens with one attached hydrogen (secondary N) is 1. The van der Waals surface area contributed by atoms with Crippen LogP contribution in [0.25, 0.3) is 0 Å².